The van der Waals surface area contributed by atoms with Crippen LogP contribution in [0.4, 0.5) is 0 Å². The molecule has 0 fully saturated rings. The number of nitrogens with two attached hydrogens (primary N) is 1. The molecular formula is C12H24N4OS. The molecule has 1 heterocycles. The first-order valence-corrected chi connectivity index (χ1v) is 7.02. The molecule has 1 rings (SSSR count). The van der Waals surface area contributed by atoms with Crippen molar-refractivity contribution in [2.45, 2.75) is 58.1 Å². The number of aromatic nitrogens is 2. The molecule has 1 aromatic rings. The summed E-state index contributed by atoms with van der Waals surface area (Å²) in [6, 6.07) is 0.0943. The molecule has 1 atom stereocenters. The van der Waals surface area contributed by atoms with Gasteiger partial charge in [-0.05, 0) is 44.1 Å². The third kappa shape index (κ3) is 3.98. The van der Waals surface area contributed by atoms with Gasteiger partial charge in [-0.15, -0.1) is 5.10 Å². The van der Waals surface area contributed by atoms with Crippen LogP contribution in [0.15, 0.2) is 0 Å². The molecule has 0 amide bonds. The van der Waals surface area contributed by atoms with E-state index in [1.54, 1.807) is 7.11 Å². The van der Waals surface area contributed by atoms with Gasteiger partial charge in [0.05, 0.1) is 22.2 Å². The lowest BCUT2D eigenvalue weighted by Gasteiger charge is -2.25. The molecule has 6 heteroatoms. The Kier molecular flexibility index (Phi) is 5.65. The smallest absolute Gasteiger partial charge is 0.0829 e. The van der Waals surface area contributed by atoms with Gasteiger partial charge in [0.2, 0.25) is 0 Å². The Morgan fingerprint density at radius 3 is 2.61 bits per heavy atom. The van der Waals surface area contributed by atoms with Crippen LogP contribution >= 0.6 is 11.5 Å². The van der Waals surface area contributed by atoms with Crippen molar-refractivity contribution in [3.05, 3.63) is 10.6 Å². The largest absolute Gasteiger partial charge is 0.379 e. The standard InChI is InChI=1S/C12H24N4OS/c1-8(2)10-11(18-16-15-10)9(14-13)6-7-12(3,4)17-5/h8-9,14H,6-7,13H2,1-5H3. The van der Waals surface area contributed by atoms with Gasteiger partial charge in [0.25, 0.3) is 0 Å². The highest BCUT2D eigenvalue weighted by Crippen LogP contribution is 2.30. The molecule has 0 saturated heterocycles. The first kappa shape index (κ1) is 15.5. The highest BCUT2D eigenvalue weighted by molar-refractivity contribution is 7.05. The monoisotopic (exact) mass is 272 g/mol. The summed E-state index contributed by atoms with van der Waals surface area (Å²) in [7, 11) is 1.73. The van der Waals surface area contributed by atoms with Crippen LogP contribution in [-0.4, -0.2) is 22.3 Å². The van der Waals surface area contributed by atoms with E-state index in [4.69, 9.17) is 10.6 Å². The van der Waals surface area contributed by atoms with Crippen molar-refractivity contribution in [3.8, 4) is 0 Å². The van der Waals surface area contributed by atoms with E-state index in [2.05, 4.69) is 42.7 Å². The van der Waals surface area contributed by atoms with E-state index in [0.717, 1.165) is 23.4 Å². The molecule has 0 saturated carbocycles. The Balaban J connectivity index is 2.74. The van der Waals surface area contributed by atoms with Crippen LogP contribution < -0.4 is 11.3 Å². The first-order valence-electron chi connectivity index (χ1n) is 6.24. The van der Waals surface area contributed by atoms with Crippen LogP contribution in [0.3, 0.4) is 0 Å². The van der Waals surface area contributed by atoms with Gasteiger partial charge in [-0.2, -0.15) is 0 Å². The van der Waals surface area contributed by atoms with Gasteiger partial charge in [0.15, 0.2) is 0 Å². The molecule has 0 aromatic carbocycles. The predicted molar refractivity (Wildman–Crippen MR) is 74.4 cm³/mol. The van der Waals surface area contributed by atoms with Gasteiger partial charge in [0.1, 0.15) is 0 Å². The summed E-state index contributed by atoms with van der Waals surface area (Å²) in [4.78, 5) is 1.14. The van der Waals surface area contributed by atoms with Gasteiger partial charge >= 0.3 is 0 Å². The van der Waals surface area contributed by atoms with E-state index in [0.29, 0.717) is 5.92 Å². The minimum atomic E-state index is -0.134. The fourth-order valence-electron chi connectivity index (χ4n) is 1.73. The van der Waals surface area contributed by atoms with Crippen LogP contribution in [-0.2, 0) is 4.74 Å². The fourth-order valence-corrected chi connectivity index (χ4v) is 2.63. The summed E-state index contributed by atoms with van der Waals surface area (Å²) in [5.74, 6) is 6.03. The molecule has 1 aromatic heterocycles. The highest BCUT2D eigenvalue weighted by atomic mass is 32.1. The maximum absolute atomic E-state index is 5.66. The summed E-state index contributed by atoms with van der Waals surface area (Å²) in [6.07, 6.45) is 1.83. The Morgan fingerprint density at radius 2 is 2.11 bits per heavy atom. The summed E-state index contributed by atoms with van der Waals surface area (Å²) < 4.78 is 9.47. The fraction of sp³-hybridized carbons (Fsp3) is 0.833. The second-order valence-corrected chi connectivity index (χ2v) is 6.18. The van der Waals surface area contributed by atoms with E-state index in [-0.39, 0.29) is 11.6 Å². The van der Waals surface area contributed by atoms with Crippen LogP contribution in [0.5, 0.6) is 0 Å². The van der Waals surface area contributed by atoms with Crippen molar-refractivity contribution in [2.75, 3.05) is 7.11 Å². The van der Waals surface area contributed by atoms with Crippen molar-refractivity contribution in [1.29, 1.82) is 0 Å². The minimum Gasteiger partial charge on any atom is -0.379 e. The Morgan fingerprint density at radius 1 is 1.44 bits per heavy atom. The number of nitrogens with one attached hydrogen (secondary N) is 1. The predicted octanol–water partition coefficient (Wildman–Crippen LogP) is 2.37. The number of nitrogens with zero attached hydrogens (tertiary/aromatic N) is 2. The second kappa shape index (κ2) is 6.56. The zero-order chi connectivity index (χ0) is 13.8. The van der Waals surface area contributed by atoms with Gasteiger partial charge < -0.3 is 4.74 Å². The Hall–Kier alpha value is -0.560. The minimum absolute atomic E-state index is 0.0943. The summed E-state index contributed by atoms with van der Waals surface area (Å²) in [6.45, 7) is 8.39. The van der Waals surface area contributed by atoms with Crippen molar-refractivity contribution in [3.63, 3.8) is 0 Å². The topological polar surface area (TPSA) is 73.1 Å². The van der Waals surface area contributed by atoms with E-state index >= 15 is 0 Å². The Bertz CT molecular complexity index is 365. The maximum atomic E-state index is 5.66. The van der Waals surface area contributed by atoms with E-state index in [9.17, 15) is 0 Å². The number of methoxy groups -OCH3 is 1. The summed E-state index contributed by atoms with van der Waals surface area (Å²) in [5.41, 5.74) is 3.78. The van der Waals surface area contributed by atoms with Crippen molar-refractivity contribution < 1.29 is 4.74 Å². The lowest BCUT2D eigenvalue weighted by molar-refractivity contribution is 0.0117. The van der Waals surface area contributed by atoms with Crippen LogP contribution in [0.2, 0.25) is 0 Å². The zero-order valence-electron chi connectivity index (χ0n) is 11.9. The van der Waals surface area contributed by atoms with E-state index < -0.39 is 0 Å². The molecule has 0 radical (unpaired) electrons. The molecule has 3 N–H and O–H groups in total. The molecule has 1 unspecified atom stereocenters. The third-order valence-corrected chi connectivity index (χ3v) is 4.05. The maximum Gasteiger partial charge on any atom is 0.0829 e. The lowest BCUT2D eigenvalue weighted by atomic mass is 9.96. The number of ether oxygens (including phenoxy) is 1. The van der Waals surface area contributed by atoms with Gasteiger partial charge in [-0.25, -0.2) is 0 Å². The summed E-state index contributed by atoms with van der Waals surface area (Å²) >= 11 is 1.42. The number of hydrazine groups is 1. The molecule has 104 valence electrons. The zero-order valence-corrected chi connectivity index (χ0v) is 12.7. The van der Waals surface area contributed by atoms with Crippen LogP contribution in [0.1, 0.15) is 63.1 Å². The van der Waals surface area contributed by atoms with Crippen LogP contribution in [0.25, 0.3) is 0 Å². The molecule has 5 nitrogen and oxygen atoms in total. The summed E-state index contributed by atoms with van der Waals surface area (Å²) in [5, 5.41) is 4.19. The number of rotatable bonds is 7. The molecule has 0 spiro atoms. The normalized spacial score (nSPS) is 14.2. The lowest BCUT2D eigenvalue weighted by Crippen LogP contribution is -2.31. The van der Waals surface area contributed by atoms with E-state index in [1.807, 2.05) is 0 Å². The van der Waals surface area contributed by atoms with Crippen LogP contribution in [0, 0.1) is 0 Å². The number of hydrogen-bond acceptors (Lipinski definition) is 6. The first-order chi connectivity index (χ1) is 8.41. The number of hydrogen-bond donors (Lipinski definition) is 2. The third-order valence-electron chi connectivity index (χ3n) is 3.19. The second-order valence-electron chi connectivity index (χ2n) is 5.40. The molecule has 18 heavy (non-hydrogen) atoms. The quantitative estimate of drug-likeness (QED) is 0.589. The van der Waals surface area contributed by atoms with Crippen molar-refractivity contribution in [1.82, 2.24) is 15.0 Å². The van der Waals surface area contributed by atoms with Crippen molar-refractivity contribution >= 4 is 11.5 Å². The van der Waals surface area contributed by atoms with Gasteiger partial charge in [0, 0.05) is 7.11 Å². The van der Waals surface area contributed by atoms with Gasteiger partial charge in [-0.3, -0.25) is 11.3 Å². The SMILES string of the molecule is COC(C)(C)CCC(NN)c1snnc1C(C)C. The molecule has 0 aliphatic carbocycles. The molecule has 0 aliphatic heterocycles. The van der Waals surface area contributed by atoms with Crippen molar-refractivity contribution in [2.24, 2.45) is 5.84 Å². The average Bonchev–Trinajstić information content (AvgIpc) is 2.79. The average molecular weight is 272 g/mol. The van der Waals surface area contributed by atoms with Gasteiger partial charge in [-0.1, -0.05) is 18.3 Å². The molecular weight excluding hydrogens is 248 g/mol. The Labute approximate surface area is 113 Å². The van der Waals surface area contributed by atoms with E-state index in [1.165, 1.54) is 11.5 Å². The molecule has 0 bridgehead atoms. The highest BCUT2D eigenvalue weighted by Gasteiger charge is 2.24. The molecule has 0 aliphatic rings.